The lowest BCUT2D eigenvalue weighted by Crippen LogP contribution is -2.34. The first kappa shape index (κ1) is 28.9. The van der Waals surface area contributed by atoms with Gasteiger partial charge in [-0.1, -0.05) is 32.9 Å². The molecule has 40 heavy (non-hydrogen) atoms. The highest BCUT2D eigenvalue weighted by atomic mass is 32.2. The number of ether oxygens (including phenoxy) is 3. The summed E-state index contributed by atoms with van der Waals surface area (Å²) in [6.45, 7) is 10.9. The van der Waals surface area contributed by atoms with E-state index in [9.17, 15) is 8.42 Å². The van der Waals surface area contributed by atoms with Crippen LogP contribution in [0.2, 0.25) is 0 Å². The minimum absolute atomic E-state index is 0.157. The Morgan fingerprint density at radius 1 is 0.975 bits per heavy atom. The fourth-order valence-corrected chi connectivity index (χ4v) is 7.17. The topological polar surface area (TPSA) is 82.9 Å². The zero-order chi connectivity index (χ0) is 28.1. The number of benzene rings is 2. The minimum atomic E-state index is -3.82. The second kappa shape index (κ2) is 12.9. The van der Waals surface area contributed by atoms with Gasteiger partial charge in [-0.3, -0.25) is 8.99 Å². The van der Waals surface area contributed by atoms with Gasteiger partial charge in [-0.25, -0.2) is 8.42 Å². The van der Waals surface area contributed by atoms with E-state index in [-0.39, 0.29) is 10.8 Å². The highest BCUT2D eigenvalue weighted by Crippen LogP contribution is 2.33. The van der Waals surface area contributed by atoms with E-state index in [2.05, 4.69) is 6.92 Å². The molecule has 0 aliphatic carbocycles. The summed E-state index contributed by atoms with van der Waals surface area (Å²) >= 11 is 0. The van der Waals surface area contributed by atoms with E-state index >= 15 is 0 Å². The molecule has 0 bridgehead atoms. The summed E-state index contributed by atoms with van der Waals surface area (Å²) in [4.78, 5) is 0.252. The number of anilines is 1. The average molecular weight is 570 g/mol. The van der Waals surface area contributed by atoms with Crippen molar-refractivity contribution in [3.05, 3.63) is 48.0 Å². The predicted molar refractivity (Wildman–Crippen MR) is 158 cm³/mol. The van der Waals surface area contributed by atoms with Crippen LogP contribution >= 0.6 is 0 Å². The van der Waals surface area contributed by atoms with E-state index in [1.807, 2.05) is 48.9 Å². The third-order valence-electron chi connectivity index (χ3n) is 8.01. The zero-order valence-electron chi connectivity index (χ0n) is 24.0. The average Bonchev–Trinajstić information content (AvgIpc) is 3.32. The molecule has 9 heteroatoms. The Bertz CT molecular complexity index is 1360. The van der Waals surface area contributed by atoms with Crippen LogP contribution in [0.4, 0.5) is 5.69 Å². The maximum absolute atomic E-state index is 14.1. The van der Waals surface area contributed by atoms with Crippen molar-refractivity contribution >= 4 is 26.6 Å². The number of aromatic nitrogens is 2. The summed E-state index contributed by atoms with van der Waals surface area (Å²) in [5.74, 6) is 1.54. The van der Waals surface area contributed by atoms with Crippen LogP contribution in [-0.2, 0) is 32.5 Å². The lowest BCUT2D eigenvalue weighted by atomic mass is 10.0. The van der Waals surface area contributed by atoms with Crippen LogP contribution in [0.25, 0.3) is 10.9 Å². The van der Waals surface area contributed by atoms with Crippen molar-refractivity contribution in [2.45, 2.75) is 64.3 Å². The molecule has 2 saturated heterocycles. The predicted octanol–water partition coefficient (Wildman–Crippen LogP) is 5.68. The Hall–Kier alpha value is -2.62. The van der Waals surface area contributed by atoms with Crippen LogP contribution < -0.4 is 9.04 Å². The van der Waals surface area contributed by atoms with Gasteiger partial charge in [0.05, 0.1) is 28.1 Å². The standard InChI is InChI=1S/C31H43N3O5S/c1-4-24-5-7-27(8-6-24)34(20-23(2)3)40(35,36)28-9-10-30-29(19-28)31(39-22-26-13-17-38-18-14-26)32-33(30)21-25-11-15-37-16-12-25/h5-10,19,23,25-26H,4,11-18,20-22H2,1-3H3. The first-order valence-electron chi connectivity index (χ1n) is 14.8. The first-order chi connectivity index (χ1) is 19.3. The Balaban J connectivity index is 1.50. The fourth-order valence-electron chi connectivity index (χ4n) is 5.52. The van der Waals surface area contributed by atoms with E-state index in [4.69, 9.17) is 19.3 Å². The molecule has 0 saturated carbocycles. The van der Waals surface area contributed by atoms with E-state index < -0.39 is 10.0 Å². The smallest absolute Gasteiger partial charge is 0.264 e. The molecule has 0 radical (unpaired) electrons. The van der Waals surface area contributed by atoms with Crippen LogP contribution in [0.1, 0.15) is 52.0 Å². The van der Waals surface area contributed by atoms with Crippen molar-refractivity contribution in [1.29, 1.82) is 0 Å². The molecule has 1 aromatic heterocycles. The summed E-state index contributed by atoms with van der Waals surface area (Å²) in [7, 11) is -3.82. The number of hydrogen-bond acceptors (Lipinski definition) is 6. The quantitative estimate of drug-likeness (QED) is 0.295. The molecular formula is C31H43N3O5S. The first-order valence-corrected chi connectivity index (χ1v) is 16.2. The Labute approximate surface area is 238 Å². The molecule has 0 amide bonds. The molecule has 2 fully saturated rings. The highest BCUT2D eigenvalue weighted by molar-refractivity contribution is 7.92. The van der Waals surface area contributed by atoms with Gasteiger partial charge in [0.2, 0.25) is 5.88 Å². The van der Waals surface area contributed by atoms with Crippen LogP contribution in [0.3, 0.4) is 0 Å². The summed E-state index contributed by atoms with van der Waals surface area (Å²) in [6.07, 6.45) is 4.81. The number of fused-ring (bicyclic) bond motifs is 1. The van der Waals surface area contributed by atoms with Crippen molar-refractivity contribution in [3.63, 3.8) is 0 Å². The van der Waals surface area contributed by atoms with Crippen LogP contribution in [0.15, 0.2) is 47.4 Å². The van der Waals surface area contributed by atoms with Crippen molar-refractivity contribution in [2.75, 3.05) is 43.9 Å². The maximum Gasteiger partial charge on any atom is 0.264 e. The van der Waals surface area contributed by atoms with Crippen molar-refractivity contribution in [2.24, 2.45) is 17.8 Å². The van der Waals surface area contributed by atoms with Gasteiger partial charge in [-0.2, -0.15) is 0 Å². The molecule has 0 spiro atoms. The van der Waals surface area contributed by atoms with Crippen molar-refractivity contribution in [3.8, 4) is 5.88 Å². The molecule has 2 aliphatic rings. The normalized spacial score (nSPS) is 17.5. The largest absolute Gasteiger partial charge is 0.476 e. The van der Waals surface area contributed by atoms with Crippen LogP contribution in [0.5, 0.6) is 5.88 Å². The molecule has 0 atom stereocenters. The molecule has 2 aliphatic heterocycles. The van der Waals surface area contributed by atoms with Gasteiger partial charge >= 0.3 is 0 Å². The lowest BCUT2D eigenvalue weighted by Gasteiger charge is -2.26. The number of rotatable bonds is 11. The monoisotopic (exact) mass is 569 g/mol. The molecular weight excluding hydrogens is 526 g/mol. The SMILES string of the molecule is CCc1ccc(N(CC(C)C)S(=O)(=O)c2ccc3c(c2)c(OCC2CCOCC2)nn3CC2CCOCC2)cc1. The van der Waals surface area contributed by atoms with E-state index in [0.717, 1.165) is 76.0 Å². The second-order valence-electron chi connectivity index (χ2n) is 11.5. The fraction of sp³-hybridized carbons (Fsp3) is 0.581. The third kappa shape index (κ3) is 6.64. The Morgan fingerprint density at radius 2 is 1.62 bits per heavy atom. The van der Waals surface area contributed by atoms with E-state index in [0.29, 0.717) is 36.6 Å². The highest BCUT2D eigenvalue weighted by Gasteiger charge is 2.28. The summed E-state index contributed by atoms with van der Waals surface area (Å²) in [5, 5.41) is 5.62. The molecule has 0 unspecified atom stereocenters. The molecule has 5 rings (SSSR count). The lowest BCUT2D eigenvalue weighted by molar-refractivity contribution is 0.0488. The van der Waals surface area contributed by atoms with Crippen LogP contribution in [-0.4, -0.2) is 57.8 Å². The molecule has 8 nitrogen and oxygen atoms in total. The van der Waals surface area contributed by atoms with Gasteiger partial charge in [0, 0.05) is 39.5 Å². The number of nitrogens with zero attached hydrogens (tertiary/aromatic N) is 3. The van der Waals surface area contributed by atoms with Gasteiger partial charge in [-0.15, -0.1) is 5.10 Å². The van der Waals surface area contributed by atoms with Crippen molar-refractivity contribution < 1.29 is 22.6 Å². The second-order valence-corrected chi connectivity index (χ2v) is 13.4. The summed E-state index contributed by atoms with van der Waals surface area (Å²) in [6, 6.07) is 13.2. The number of aryl methyl sites for hydroxylation is 1. The molecule has 218 valence electrons. The Morgan fingerprint density at radius 3 is 2.25 bits per heavy atom. The van der Waals surface area contributed by atoms with Gasteiger partial charge in [-0.05, 0) is 85.8 Å². The molecule has 0 N–H and O–H groups in total. The zero-order valence-corrected chi connectivity index (χ0v) is 24.9. The molecule has 2 aromatic carbocycles. The van der Waals surface area contributed by atoms with E-state index in [1.54, 1.807) is 12.1 Å². The van der Waals surface area contributed by atoms with Gasteiger partial charge in [0.25, 0.3) is 10.0 Å². The minimum Gasteiger partial charge on any atom is -0.476 e. The summed E-state index contributed by atoms with van der Waals surface area (Å²) < 4.78 is 49.2. The Kier molecular flexibility index (Phi) is 9.33. The third-order valence-corrected chi connectivity index (χ3v) is 9.80. The van der Waals surface area contributed by atoms with E-state index in [1.165, 1.54) is 9.87 Å². The molecule has 3 aromatic rings. The molecule has 3 heterocycles. The van der Waals surface area contributed by atoms with Gasteiger partial charge in [0.1, 0.15) is 0 Å². The van der Waals surface area contributed by atoms with Crippen LogP contribution in [0, 0.1) is 17.8 Å². The number of hydrogen-bond donors (Lipinski definition) is 0. The van der Waals surface area contributed by atoms with Gasteiger partial charge < -0.3 is 14.2 Å². The van der Waals surface area contributed by atoms with Gasteiger partial charge in [0.15, 0.2) is 0 Å². The number of sulfonamides is 1. The maximum atomic E-state index is 14.1. The summed E-state index contributed by atoms with van der Waals surface area (Å²) in [5.41, 5.74) is 2.75. The van der Waals surface area contributed by atoms with Crippen molar-refractivity contribution in [1.82, 2.24) is 9.78 Å².